The van der Waals surface area contributed by atoms with E-state index in [0.29, 0.717) is 22.5 Å². The van der Waals surface area contributed by atoms with Crippen molar-refractivity contribution in [3.8, 4) is 62.1 Å². The van der Waals surface area contributed by atoms with E-state index in [1.165, 1.54) is 21.3 Å². The first-order valence-corrected chi connectivity index (χ1v) is 27.7. The normalized spacial score (nSPS) is 20.4. The second-order valence-corrected chi connectivity index (χ2v) is 25.8. The SMILES string of the molecule is [2H]c1c([2H])c([2H])c(-c2ccc3c(c2)n(-c2[c-]c(Oc4[c-]c5c(cc4)c4ccccc4n5-c4cc(C(C)(C)C)ccn4)ccc2)[c-][n+]3-c2c(-c3cc(C(C)(C)C)cc(C(C)(C)C)c3)cc(C(C)(C)C)cc2-c2c([2H])c([2H])c3c(c2[2H])C(C([2H])([2H])[2H])(C([2H])([2H])[2H])C([2H])([2H])C([2H])([2H])C3(C([2H])([2H])[2H])C([2H])([2H])[2H])c([2H])c1[2H].[Pt]. The summed E-state index contributed by atoms with van der Waals surface area (Å²) in [6.07, 6.45) is -3.95. The number of imidazole rings is 1. The van der Waals surface area contributed by atoms with E-state index in [1.54, 1.807) is 42.6 Å². The minimum atomic E-state index is -4.61. The van der Waals surface area contributed by atoms with Gasteiger partial charge in [-0.25, -0.2) is 4.98 Å². The molecule has 0 N–H and O–H groups in total. The summed E-state index contributed by atoms with van der Waals surface area (Å²) in [5, 5.41) is 1.79. The molecule has 0 saturated heterocycles. The van der Waals surface area contributed by atoms with Gasteiger partial charge in [-0.05, 0) is 147 Å². The molecule has 0 atom stereocenters. The molecule has 0 spiro atoms. The average molecular weight is 1310 g/mol. The van der Waals surface area contributed by atoms with Crippen LogP contribution in [0.4, 0.5) is 0 Å². The van der Waals surface area contributed by atoms with Gasteiger partial charge in [0.05, 0.1) is 27.7 Å². The zero-order valence-corrected chi connectivity index (χ0v) is 51.3. The van der Waals surface area contributed by atoms with Crippen molar-refractivity contribution in [3.63, 3.8) is 0 Å². The molecular formula is C78H80N4OPt-2. The Morgan fingerprint density at radius 2 is 1.20 bits per heavy atom. The van der Waals surface area contributed by atoms with Gasteiger partial charge in [0.2, 0.25) is 0 Å². The third kappa shape index (κ3) is 10.8. The number of fused-ring (bicyclic) bond motifs is 5. The summed E-state index contributed by atoms with van der Waals surface area (Å²) in [5.41, 5.74) is -9.73. The largest absolute Gasteiger partial charge is 0.510 e. The number of benzene rings is 8. The van der Waals surface area contributed by atoms with Crippen LogP contribution in [-0.4, -0.2) is 14.1 Å². The Kier molecular flexibility index (Phi) is 8.97. The molecule has 0 unspecified atom stereocenters. The molecule has 0 radical (unpaired) electrons. The van der Waals surface area contributed by atoms with Gasteiger partial charge in [0.15, 0.2) is 0 Å². The molecule has 0 saturated carbocycles. The van der Waals surface area contributed by atoms with Crippen molar-refractivity contribution in [1.29, 1.82) is 0 Å². The summed E-state index contributed by atoms with van der Waals surface area (Å²) in [7, 11) is 0. The maximum absolute atomic E-state index is 10.7. The fourth-order valence-electron chi connectivity index (χ4n) is 10.7. The van der Waals surface area contributed by atoms with E-state index < -0.39 is 132 Å². The third-order valence-corrected chi connectivity index (χ3v) is 15.5. The van der Waals surface area contributed by atoms with Crippen LogP contribution in [-0.2, 0) is 53.6 Å². The zero-order chi connectivity index (χ0) is 79.3. The van der Waals surface area contributed by atoms with E-state index in [2.05, 4.69) is 45.3 Å². The van der Waals surface area contributed by atoms with Crippen LogP contribution in [0.25, 0.3) is 83.4 Å². The first-order chi connectivity index (χ1) is 49.0. The second kappa shape index (κ2) is 21.0. The van der Waals surface area contributed by atoms with Crippen molar-refractivity contribution < 1.29 is 63.3 Å². The molecule has 11 aromatic rings. The van der Waals surface area contributed by atoms with Crippen LogP contribution < -0.4 is 9.30 Å². The van der Waals surface area contributed by atoms with E-state index in [-0.39, 0.29) is 82.6 Å². The van der Waals surface area contributed by atoms with E-state index in [9.17, 15) is 20.6 Å². The van der Waals surface area contributed by atoms with Crippen LogP contribution in [0.1, 0.15) is 190 Å². The molecule has 5 nitrogen and oxygen atoms in total. The van der Waals surface area contributed by atoms with Crippen LogP contribution >= 0.6 is 0 Å². The smallest absolute Gasteiger partial charge is 0.268 e. The number of rotatable bonds is 8. The summed E-state index contributed by atoms with van der Waals surface area (Å²) in [6.45, 7) is 6.63. The van der Waals surface area contributed by atoms with Crippen molar-refractivity contribution in [2.24, 2.45) is 0 Å². The monoisotopic (exact) mass is 1310 g/mol. The summed E-state index contributed by atoms with van der Waals surface area (Å²) in [6, 6.07) is 34.3. The number of para-hydroxylation sites is 1. The van der Waals surface area contributed by atoms with Crippen LogP contribution in [0, 0.1) is 18.5 Å². The molecule has 430 valence electrons. The Hall–Kier alpha value is -7.33. The molecule has 84 heavy (non-hydrogen) atoms. The molecule has 0 fully saturated rings. The molecule has 3 aromatic heterocycles. The van der Waals surface area contributed by atoms with Gasteiger partial charge in [-0.15, -0.1) is 29.7 Å². The molecule has 6 heteroatoms. The molecule has 1 aliphatic rings. The van der Waals surface area contributed by atoms with Gasteiger partial charge < -0.3 is 13.9 Å². The minimum absolute atomic E-state index is 0. The number of aromatic nitrogens is 4. The summed E-state index contributed by atoms with van der Waals surface area (Å²) in [4.78, 5) is 4.83. The number of ether oxygens (including phenoxy) is 1. The maximum Gasteiger partial charge on any atom is 0.268 e. The molecular weight excluding hydrogens is 1200 g/mol. The summed E-state index contributed by atoms with van der Waals surface area (Å²) < 4.78 is 236. The Bertz CT molecular complexity index is 5410. The molecule has 8 aromatic carbocycles. The molecule has 0 bridgehead atoms. The second-order valence-electron chi connectivity index (χ2n) is 25.8. The Morgan fingerprint density at radius 3 is 1.88 bits per heavy atom. The predicted molar refractivity (Wildman–Crippen MR) is 346 cm³/mol. The van der Waals surface area contributed by atoms with E-state index >= 15 is 0 Å². The quantitative estimate of drug-likeness (QED) is 0.112. The van der Waals surface area contributed by atoms with Gasteiger partial charge in [0.1, 0.15) is 5.82 Å². The number of nitrogens with zero attached hydrogens (tertiary/aromatic N) is 4. The van der Waals surface area contributed by atoms with Crippen molar-refractivity contribution in [2.45, 2.75) is 156 Å². The van der Waals surface area contributed by atoms with Crippen molar-refractivity contribution in [3.05, 3.63) is 222 Å². The molecule has 3 heterocycles. The van der Waals surface area contributed by atoms with Crippen LogP contribution in [0.2, 0.25) is 0 Å². The molecule has 0 amide bonds. The van der Waals surface area contributed by atoms with Gasteiger partial charge in [0, 0.05) is 66.2 Å². The molecule has 1 aliphatic carbocycles. The zero-order valence-electron chi connectivity index (χ0n) is 73.1. The topological polar surface area (TPSA) is 35.9 Å². The maximum atomic E-state index is 10.7. The van der Waals surface area contributed by atoms with Crippen LogP contribution in [0.3, 0.4) is 0 Å². The van der Waals surface area contributed by atoms with Crippen LogP contribution in [0.15, 0.2) is 170 Å². The molecule has 12 rings (SSSR count). The van der Waals surface area contributed by atoms with Gasteiger partial charge in [-0.1, -0.05) is 225 Å². The van der Waals surface area contributed by atoms with Gasteiger partial charge in [0.25, 0.3) is 6.33 Å². The molecule has 0 aliphatic heterocycles. The van der Waals surface area contributed by atoms with Gasteiger partial charge in [-0.2, -0.15) is 18.2 Å². The van der Waals surface area contributed by atoms with E-state index in [0.717, 1.165) is 33.0 Å². The average Bonchev–Trinajstić information content (AvgIpc) is 0.759. The number of hydrogen-bond donors (Lipinski definition) is 0. The van der Waals surface area contributed by atoms with E-state index in [4.69, 9.17) is 22.1 Å². The fourth-order valence-corrected chi connectivity index (χ4v) is 10.7. The Balaban J connectivity index is 0.0000116. The first kappa shape index (κ1) is 35.8. The predicted octanol–water partition coefficient (Wildman–Crippen LogP) is 20.1. The first-order valence-electron chi connectivity index (χ1n) is 39.7. The van der Waals surface area contributed by atoms with Crippen LogP contribution in [0.5, 0.6) is 11.5 Å². The van der Waals surface area contributed by atoms with Crippen molar-refractivity contribution in [1.82, 2.24) is 14.1 Å². The van der Waals surface area contributed by atoms with Gasteiger partial charge >= 0.3 is 0 Å². The Morgan fingerprint density at radius 1 is 0.560 bits per heavy atom. The standard InChI is InChI=1S/C78H80N4O.Pt/c1-73(2,3)54-35-38-79-71(46-54)82-67-28-21-20-27-61(67)62-32-31-60(48-69(62)82)83-59-26-22-25-58(47-59)80-49-81(68-34-30-51(42-70(68)80)50-23-18-17-19-24-50)72-63(52-29-33-65-66(41-52)78(15,16)37-36-77(65,13)14)44-57(76(10,11)12)45-64(72)53-39-55(74(4,5)6)43-56(40-53)75(7,8)9;/h17-35,38-46H,36-37H2,1-16H3;/q-2;/i13D3,14D3,15D3,16D3,17D,18D,19D,23D,24D,29D,33D,36D2,37D2,41D;. The fraction of sp³-hybridized carbons (Fsp3) is 0.308. The number of pyridine rings is 1. The van der Waals surface area contributed by atoms with E-state index in [1.807, 2.05) is 128 Å². The third-order valence-electron chi connectivity index (χ3n) is 15.5. The minimum Gasteiger partial charge on any atom is -0.510 e. The summed E-state index contributed by atoms with van der Waals surface area (Å²) >= 11 is 0. The Labute approximate surface area is 547 Å². The van der Waals surface area contributed by atoms with Gasteiger partial charge in [-0.3, -0.25) is 4.57 Å². The van der Waals surface area contributed by atoms with Crippen molar-refractivity contribution >= 4 is 32.8 Å². The van der Waals surface area contributed by atoms with Crippen molar-refractivity contribution in [2.75, 3.05) is 0 Å². The summed E-state index contributed by atoms with van der Waals surface area (Å²) in [5.74, 6) is 1.05. The number of hydrogen-bond acceptors (Lipinski definition) is 2.